The fraction of sp³-hybridized carbons (Fsp3) is 0.915. The van der Waals surface area contributed by atoms with Crippen LogP contribution in [0.5, 0.6) is 0 Å². The lowest BCUT2D eigenvalue weighted by Crippen LogP contribution is -2.63. The highest BCUT2D eigenvalue weighted by atomic mass is 16.8. The molecule has 0 radical (unpaired) electrons. The van der Waals surface area contributed by atoms with Crippen molar-refractivity contribution < 1.29 is 67.9 Å². The van der Waals surface area contributed by atoms with Crippen molar-refractivity contribution in [3.05, 3.63) is 11.6 Å². The lowest BCUT2D eigenvalue weighted by atomic mass is 9.76. The van der Waals surface area contributed by atoms with Gasteiger partial charge >= 0.3 is 5.97 Å². The molecule has 4 N–H and O–H groups in total. The lowest BCUT2D eigenvalue weighted by molar-refractivity contribution is -0.390. The van der Waals surface area contributed by atoms with Crippen LogP contribution in [-0.4, -0.2) is 124 Å². The van der Waals surface area contributed by atoms with E-state index in [4.69, 9.17) is 37.9 Å². The number of rotatable bonds is 13. The number of carbonyl (C=O) groups is 2. The van der Waals surface area contributed by atoms with Crippen LogP contribution >= 0.6 is 0 Å². The van der Waals surface area contributed by atoms with E-state index in [0.717, 1.165) is 6.42 Å². The van der Waals surface area contributed by atoms with Crippen molar-refractivity contribution in [1.29, 1.82) is 0 Å². The molecule has 14 nitrogen and oxygen atoms in total. The average molecular weight is 867 g/mol. The highest BCUT2D eigenvalue weighted by Gasteiger charge is 2.65. The third-order valence-corrected chi connectivity index (χ3v) is 15.9. The number of ketones is 1. The number of carboxylic acids is 1. The van der Waals surface area contributed by atoms with Gasteiger partial charge < -0.3 is 58.3 Å². The van der Waals surface area contributed by atoms with Gasteiger partial charge in [0.15, 0.2) is 29.4 Å². The van der Waals surface area contributed by atoms with Crippen LogP contribution in [0.15, 0.2) is 11.6 Å². The first-order valence-corrected chi connectivity index (χ1v) is 23.2. The van der Waals surface area contributed by atoms with Gasteiger partial charge in [0.25, 0.3) is 0 Å². The Morgan fingerprint density at radius 2 is 1.61 bits per heavy atom. The maximum Gasteiger partial charge on any atom is 0.306 e. The largest absolute Gasteiger partial charge is 0.481 e. The van der Waals surface area contributed by atoms with Crippen LogP contribution in [0.4, 0.5) is 0 Å². The molecule has 6 heterocycles. The summed E-state index contributed by atoms with van der Waals surface area (Å²) in [6, 6.07) is 0. The molecule has 6 aliphatic heterocycles. The molecule has 0 aliphatic carbocycles. The SMILES string of the molecule is CO[C@@H]1CC[C@H](O[C@H]2C[C@H]([C@]3(C)CCC4(C[C@H](O)[C@@H](C)[C@H]([C@@H](C)/C=C(\C)C(=O)[C@H](C)C[C@H](C)C(=O)O)O4)O3)O[C@]3(O[C@@H]([C@H]4O[C@@](O)(CO)[C@H](C)C[C@@H]4C)C[C@@H]3C)[C@@H]2C)O[C@@H]1C. The molecule has 6 fully saturated rings. The van der Waals surface area contributed by atoms with Gasteiger partial charge in [-0.15, -0.1) is 0 Å². The second kappa shape index (κ2) is 18.7. The molecule has 14 heteroatoms. The third-order valence-electron chi connectivity index (χ3n) is 15.9. The monoisotopic (exact) mass is 867 g/mol. The van der Waals surface area contributed by atoms with Gasteiger partial charge in [0.1, 0.15) is 0 Å². The normalized spacial score (nSPS) is 48.6. The molecule has 0 saturated carbocycles. The first-order chi connectivity index (χ1) is 28.5. The van der Waals surface area contributed by atoms with Crippen LogP contribution in [0, 0.1) is 47.3 Å². The minimum atomic E-state index is -1.66. The predicted octanol–water partition coefficient (Wildman–Crippen LogP) is 6.15. The summed E-state index contributed by atoms with van der Waals surface area (Å²) in [7, 11) is 1.70. The van der Waals surface area contributed by atoms with Crippen LogP contribution in [0.25, 0.3) is 0 Å². The molecule has 61 heavy (non-hydrogen) atoms. The van der Waals surface area contributed by atoms with Crippen molar-refractivity contribution in [2.75, 3.05) is 13.7 Å². The molecular formula is C47H78O14. The Morgan fingerprint density at radius 1 is 0.902 bits per heavy atom. The lowest BCUT2D eigenvalue weighted by Gasteiger charge is -2.54. The Kier molecular flexibility index (Phi) is 15.0. The van der Waals surface area contributed by atoms with Gasteiger partial charge in [0.2, 0.25) is 0 Å². The highest BCUT2D eigenvalue weighted by molar-refractivity contribution is 5.96. The second-order valence-corrected chi connectivity index (χ2v) is 20.6. The van der Waals surface area contributed by atoms with Gasteiger partial charge in [0.05, 0.1) is 67.0 Å². The molecule has 2 spiro atoms. The van der Waals surface area contributed by atoms with Crippen molar-refractivity contribution in [1.82, 2.24) is 0 Å². The fourth-order valence-electron chi connectivity index (χ4n) is 11.8. The summed E-state index contributed by atoms with van der Waals surface area (Å²) in [5.74, 6) is -7.01. The summed E-state index contributed by atoms with van der Waals surface area (Å²) in [6.07, 6.45) is 3.25. The third kappa shape index (κ3) is 9.71. The summed E-state index contributed by atoms with van der Waals surface area (Å²) in [5.41, 5.74) is -0.326. The van der Waals surface area contributed by atoms with Crippen molar-refractivity contribution in [3.63, 3.8) is 0 Å². The van der Waals surface area contributed by atoms with Crippen molar-refractivity contribution >= 4 is 11.8 Å². The number of hydrogen-bond acceptors (Lipinski definition) is 13. The molecule has 21 atom stereocenters. The van der Waals surface area contributed by atoms with Gasteiger partial charge in [-0.2, -0.15) is 0 Å². The fourth-order valence-corrected chi connectivity index (χ4v) is 11.8. The topological polar surface area (TPSA) is 189 Å². The Bertz CT molecular complexity index is 1570. The zero-order chi connectivity index (χ0) is 45.0. The van der Waals surface area contributed by atoms with E-state index in [-0.39, 0.29) is 72.4 Å². The maximum absolute atomic E-state index is 13.4. The molecule has 0 bridgehead atoms. The number of methoxy groups -OCH3 is 1. The van der Waals surface area contributed by atoms with E-state index in [1.165, 1.54) is 0 Å². The number of allylic oxidation sites excluding steroid dienone is 1. The number of carboxylic acid groups (broad SMARTS) is 1. The summed E-state index contributed by atoms with van der Waals surface area (Å²) < 4.78 is 53.9. The predicted molar refractivity (Wildman–Crippen MR) is 224 cm³/mol. The average Bonchev–Trinajstić information content (AvgIpc) is 3.71. The second-order valence-electron chi connectivity index (χ2n) is 20.6. The number of carbonyl (C=O) groups excluding carboxylic acids is 1. The molecule has 350 valence electrons. The molecule has 0 aromatic rings. The molecule has 1 unspecified atom stereocenters. The van der Waals surface area contributed by atoms with Crippen molar-refractivity contribution in [3.8, 4) is 0 Å². The number of aliphatic carboxylic acids is 1. The van der Waals surface area contributed by atoms with E-state index in [0.29, 0.717) is 44.1 Å². The van der Waals surface area contributed by atoms with Gasteiger partial charge in [-0.05, 0) is 64.4 Å². The van der Waals surface area contributed by atoms with Crippen LogP contribution < -0.4 is 0 Å². The van der Waals surface area contributed by atoms with Gasteiger partial charge in [-0.1, -0.05) is 61.5 Å². The molecule has 0 amide bonds. The quantitative estimate of drug-likeness (QED) is 0.154. The van der Waals surface area contributed by atoms with E-state index in [1.54, 1.807) is 27.9 Å². The molecule has 0 aromatic carbocycles. The van der Waals surface area contributed by atoms with E-state index < -0.39 is 84.2 Å². The zero-order valence-corrected chi connectivity index (χ0v) is 38.8. The number of aliphatic hydroxyl groups is 3. The smallest absolute Gasteiger partial charge is 0.306 e. The Morgan fingerprint density at radius 3 is 2.25 bits per heavy atom. The van der Waals surface area contributed by atoms with Crippen LogP contribution in [0.2, 0.25) is 0 Å². The van der Waals surface area contributed by atoms with Crippen molar-refractivity contribution in [2.24, 2.45) is 47.3 Å². The zero-order valence-electron chi connectivity index (χ0n) is 38.8. The maximum atomic E-state index is 13.4. The standard InChI is InChI=1S/C47H78O14/c1-24(40(50)25(2)18-28(5)43(51)52)17-26(3)41-31(8)34(49)22-45(59-41)16-15-44(11,61-45)38-21-36(56-39-14-13-35(54-12)33(10)55-39)32(9)47(58-38)30(7)20-37(57-47)42-27(4)19-29(6)46(53,23-48)60-42/h17,25-39,41-42,48-49,53H,13-16,18-23H2,1-12H3,(H,51,52)/b24-17+/t25-,26+,27+,28+,29-,30+,31-,32-,33-,34+,35-,36+,37-,38-,39+,41+,42+,44+,45?,46+,47+/m1/s1. The number of Topliss-reactive ketones (excluding diaryl/α,β-unsaturated/α-hetero) is 1. The van der Waals surface area contributed by atoms with Crippen molar-refractivity contribution in [2.45, 2.75) is 212 Å². The molecular weight excluding hydrogens is 789 g/mol. The minimum Gasteiger partial charge on any atom is -0.481 e. The van der Waals surface area contributed by atoms with E-state index >= 15 is 0 Å². The Balaban J connectivity index is 1.24. The number of hydrogen-bond donors (Lipinski definition) is 4. The van der Waals surface area contributed by atoms with Gasteiger partial charge in [-0.3, -0.25) is 9.59 Å². The summed E-state index contributed by atoms with van der Waals surface area (Å²) >= 11 is 0. The molecule has 0 aromatic heterocycles. The molecule has 6 rings (SSSR count). The highest BCUT2D eigenvalue weighted by Crippen LogP contribution is 2.56. The van der Waals surface area contributed by atoms with Gasteiger partial charge in [-0.25, -0.2) is 0 Å². The Labute approximate surface area is 363 Å². The number of aliphatic hydroxyl groups excluding tert-OH is 2. The molecule has 6 saturated heterocycles. The van der Waals surface area contributed by atoms with E-state index in [1.807, 2.05) is 33.8 Å². The van der Waals surface area contributed by atoms with Crippen LogP contribution in [0.1, 0.15) is 134 Å². The van der Waals surface area contributed by atoms with E-state index in [2.05, 4.69) is 27.7 Å². The van der Waals surface area contributed by atoms with Crippen LogP contribution in [0.3, 0.4) is 0 Å². The Hall–Kier alpha value is -1.56. The van der Waals surface area contributed by atoms with E-state index in [9.17, 15) is 30.0 Å². The first-order valence-electron chi connectivity index (χ1n) is 23.2. The summed E-state index contributed by atoms with van der Waals surface area (Å²) in [6.45, 7) is 20.9. The summed E-state index contributed by atoms with van der Waals surface area (Å²) in [5, 5.41) is 42.5. The minimum absolute atomic E-state index is 0.0130. The van der Waals surface area contributed by atoms with Gasteiger partial charge in [0, 0.05) is 68.3 Å². The molecule has 6 aliphatic rings. The van der Waals surface area contributed by atoms with Crippen LogP contribution in [-0.2, 0) is 47.5 Å². The first kappa shape index (κ1) is 48.9. The number of ether oxygens (including phenoxy) is 8. The summed E-state index contributed by atoms with van der Waals surface area (Å²) in [4.78, 5) is 24.8.